The number of rotatable bonds is 3. The molecule has 0 aliphatic carbocycles. The Morgan fingerprint density at radius 3 is 2.06 bits per heavy atom. The van der Waals surface area contributed by atoms with Crippen LogP contribution in [0.1, 0.15) is 22.3 Å². The van der Waals surface area contributed by atoms with E-state index in [1.54, 1.807) is 0 Å². The maximum absolute atomic E-state index is 9.09. The summed E-state index contributed by atoms with van der Waals surface area (Å²) in [5, 5.41) is 3.31. The van der Waals surface area contributed by atoms with Gasteiger partial charge in [0.25, 0.3) is 0 Å². The molecule has 7 aromatic rings. The molecule has 0 fully saturated rings. The predicted molar refractivity (Wildman–Crippen MR) is 148 cm³/mol. The number of aromatic nitrogens is 2. The molecule has 1 aromatic heterocycles. The maximum atomic E-state index is 9.09. The van der Waals surface area contributed by atoms with Gasteiger partial charge in [-0.05, 0) is 44.8 Å². The normalized spacial score (nSPS) is 14.5. The molecule has 0 spiro atoms. The molecule has 0 bridgehead atoms. The number of aryl methyl sites for hydroxylation is 1. The lowest BCUT2D eigenvalue weighted by Crippen LogP contribution is -2.03. The average molecular weight is 456 g/mol. The quantitative estimate of drug-likeness (QED) is 0.244. The maximum Gasteiger partial charge on any atom is 0.114 e. The third kappa shape index (κ3) is 2.93. The molecule has 0 saturated heterocycles. The van der Waals surface area contributed by atoms with E-state index in [-0.39, 0.29) is 46.5 Å². The van der Waals surface area contributed by atoms with Crippen LogP contribution in [0.4, 0.5) is 0 Å². The average Bonchev–Trinajstić information content (AvgIpc) is 3.39. The number of hydrogen-bond donors (Lipinski definition) is 0. The van der Waals surface area contributed by atoms with Gasteiger partial charge in [0.2, 0.25) is 0 Å². The van der Waals surface area contributed by atoms with Crippen LogP contribution in [-0.2, 0) is 6.42 Å². The highest BCUT2D eigenvalue weighted by atomic mass is 15.1. The van der Waals surface area contributed by atoms with Crippen molar-refractivity contribution in [3.63, 3.8) is 0 Å². The van der Waals surface area contributed by atoms with Gasteiger partial charge in [0.1, 0.15) is 5.82 Å². The molecule has 0 amide bonds. The highest BCUT2D eigenvalue weighted by Crippen LogP contribution is 2.44. The zero-order chi connectivity index (χ0) is 29.4. The molecule has 0 radical (unpaired) electrons. The summed E-state index contributed by atoms with van der Waals surface area (Å²) in [4.78, 5) is 4.92. The zero-order valence-corrected chi connectivity index (χ0v) is 19.0. The van der Waals surface area contributed by atoms with Gasteiger partial charge in [-0.3, -0.25) is 4.57 Å². The first-order chi connectivity index (χ1) is 20.3. The summed E-state index contributed by atoms with van der Waals surface area (Å²) in [6.07, 6.45) is 0.698. The topological polar surface area (TPSA) is 17.8 Å². The zero-order valence-electron chi connectivity index (χ0n) is 26.0. The first kappa shape index (κ1) is 14.1. The molecule has 0 unspecified atom stereocenters. The van der Waals surface area contributed by atoms with Gasteiger partial charge in [-0.25, -0.2) is 4.98 Å². The summed E-state index contributed by atoms with van der Waals surface area (Å²) in [6.45, 7) is 2.07. The number of para-hydroxylation sites is 2. The summed E-state index contributed by atoms with van der Waals surface area (Å²) in [5.41, 5.74) is 3.60. The van der Waals surface area contributed by atoms with Crippen LogP contribution in [0.5, 0.6) is 0 Å². The highest BCUT2D eigenvalue weighted by Gasteiger charge is 2.20. The summed E-state index contributed by atoms with van der Waals surface area (Å²) in [7, 11) is 0. The second-order valence-corrected chi connectivity index (χ2v) is 8.52. The molecule has 0 aliphatic rings. The first-order valence-corrected chi connectivity index (χ1v) is 11.7. The van der Waals surface area contributed by atoms with Gasteiger partial charge in [-0.1, -0.05) is 110 Å². The number of benzene rings is 6. The third-order valence-electron chi connectivity index (χ3n) is 6.64. The molecular weight excluding hydrogens is 424 g/mol. The fraction of sp³-hybridized carbons (Fsp3) is 0.0606. The van der Waals surface area contributed by atoms with E-state index in [1.807, 2.05) is 72.8 Å². The van der Waals surface area contributed by atoms with Crippen molar-refractivity contribution in [2.45, 2.75) is 13.3 Å². The number of hydrogen-bond acceptors (Lipinski definition) is 1. The van der Waals surface area contributed by atoms with Crippen LogP contribution in [0.2, 0.25) is 0 Å². The van der Waals surface area contributed by atoms with Crippen LogP contribution >= 0.6 is 0 Å². The standard InChI is InChI=1S/C33H24N2/c1-2-31-34-29-20-9-10-21-30(29)35(31)33-27-17-7-5-15-25(27)32(26-16-6-8-18-28(26)33)24-19-11-13-22-12-3-4-14-23(22)24/h3-21H,2H2,1H3/i3D,4D,11D,12D,13D,14D,19D. The lowest BCUT2D eigenvalue weighted by atomic mass is 9.88. The van der Waals surface area contributed by atoms with Crippen LogP contribution in [0.25, 0.3) is 60.2 Å². The fourth-order valence-corrected chi connectivity index (χ4v) is 5.18. The number of imidazole rings is 1. The van der Waals surface area contributed by atoms with Gasteiger partial charge in [-0.2, -0.15) is 0 Å². The van der Waals surface area contributed by atoms with Crippen molar-refractivity contribution in [3.05, 3.63) is 121 Å². The Labute approximate surface area is 213 Å². The van der Waals surface area contributed by atoms with E-state index in [0.29, 0.717) is 12.0 Å². The Hall–Kier alpha value is -4.43. The van der Waals surface area contributed by atoms with E-state index in [4.69, 9.17) is 14.6 Å². The van der Waals surface area contributed by atoms with Crippen molar-refractivity contribution < 1.29 is 9.60 Å². The SMILES string of the molecule is [2H]c1c([2H])c([2H])c2c(-c3c4ccccc4c(-n4c(CC)nc5ccccc54)c4ccccc34)c([2H])c([2H])c([2H])c2c1[2H]. The van der Waals surface area contributed by atoms with Crippen molar-refractivity contribution in [2.75, 3.05) is 0 Å². The summed E-state index contributed by atoms with van der Waals surface area (Å²) < 4.78 is 62.7. The number of nitrogens with zero attached hydrogens (tertiary/aromatic N) is 2. The molecule has 7 rings (SSSR count). The van der Waals surface area contributed by atoms with Gasteiger partial charge in [0.15, 0.2) is 0 Å². The molecule has 6 aromatic carbocycles. The molecule has 0 aliphatic heterocycles. The molecule has 0 atom stereocenters. The second-order valence-electron chi connectivity index (χ2n) is 8.52. The summed E-state index contributed by atoms with van der Waals surface area (Å²) >= 11 is 0. The molecule has 0 N–H and O–H groups in total. The van der Waals surface area contributed by atoms with Crippen LogP contribution in [0, 0.1) is 0 Å². The minimum Gasteiger partial charge on any atom is -0.295 e. The van der Waals surface area contributed by atoms with Gasteiger partial charge in [0, 0.05) is 17.2 Å². The van der Waals surface area contributed by atoms with E-state index in [0.717, 1.165) is 44.1 Å². The van der Waals surface area contributed by atoms with Crippen molar-refractivity contribution in [2.24, 2.45) is 0 Å². The van der Waals surface area contributed by atoms with E-state index in [9.17, 15) is 0 Å². The van der Waals surface area contributed by atoms with Crippen LogP contribution in [-0.4, -0.2) is 9.55 Å². The third-order valence-corrected chi connectivity index (χ3v) is 6.64. The Bertz CT molecular complexity index is 2210. The first-order valence-electron chi connectivity index (χ1n) is 15.2. The van der Waals surface area contributed by atoms with Crippen LogP contribution in [0.15, 0.2) is 115 Å². The van der Waals surface area contributed by atoms with Crippen LogP contribution in [0.3, 0.4) is 0 Å². The smallest absolute Gasteiger partial charge is 0.114 e. The molecule has 2 nitrogen and oxygen atoms in total. The van der Waals surface area contributed by atoms with Crippen molar-refractivity contribution in [3.8, 4) is 16.8 Å². The Morgan fingerprint density at radius 1 is 0.686 bits per heavy atom. The number of fused-ring (bicyclic) bond motifs is 4. The van der Waals surface area contributed by atoms with Crippen molar-refractivity contribution in [1.82, 2.24) is 9.55 Å². The van der Waals surface area contributed by atoms with Crippen molar-refractivity contribution in [1.29, 1.82) is 0 Å². The Balaban J connectivity index is 1.76. The fourth-order valence-electron chi connectivity index (χ4n) is 5.18. The van der Waals surface area contributed by atoms with E-state index in [2.05, 4.69) is 11.5 Å². The van der Waals surface area contributed by atoms with Crippen molar-refractivity contribution >= 4 is 43.4 Å². The lowest BCUT2D eigenvalue weighted by molar-refractivity contribution is 0.917. The van der Waals surface area contributed by atoms with Gasteiger partial charge in [-0.15, -0.1) is 0 Å². The van der Waals surface area contributed by atoms with Gasteiger partial charge < -0.3 is 0 Å². The monoisotopic (exact) mass is 455 g/mol. The minimum atomic E-state index is -0.465. The van der Waals surface area contributed by atoms with E-state index in [1.165, 1.54) is 0 Å². The molecule has 35 heavy (non-hydrogen) atoms. The van der Waals surface area contributed by atoms with Gasteiger partial charge >= 0.3 is 0 Å². The molecule has 2 heteroatoms. The van der Waals surface area contributed by atoms with Gasteiger partial charge in [0.05, 0.1) is 26.3 Å². The molecule has 0 saturated carbocycles. The predicted octanol–water partition coefficient (Wildman–Crippen LogP) is 8.71. The molecule has 1 heterocycles. The van der Waals surface area contributed by atoms with E-state index >= 15 is 0 Å². The largest absolute Gasteiger partial charge is 0.295 e. The molecule has 166 valence electrons. The summed E-state index contributed by atoms with van der Waals surface area (Å²) in [5.74, 6) is 0.895. The van der Waals surface area contributed by atoms with E-state index < -0.39 is 12.1 Å². The Morgan fingerprint density at radius 2 is 1.31 bits per heavy atom. The minimum absolute atomic E-state index is 0.0527. The summed E-state index contributed by atoms with van der Waals surface area (Å²) in [6, 6.07) is 21.0. The highest BCUT2D eigenvalue weighted by molar-refractivity contribution is 6.21. The second kappa shape index (κ2) is 7.82. The Kier molecular flexibility index (Phi) is 3.14. The molecular formula is C33H24N2. The lowest BCUT2D eigenvalue weighted by Gasteiger charge is -2.20. The van der Waals surface area contributed by atoms with Crippen LogP contribution < -0.4 is 0 Å².